The SMILES string of the molecule is CC[C@H](C)c1nc2ccc(Br)cc2c(=O)n1N=Cc1ccc(O[C@H](C)C(=O)OC)c(I)c1. The van der Waals surface area contributed by atoms with Crippen LogP contribution >= 0.6 is 38.5 Å². The molecule has 3 aromatic rings. The van der Waals surface area contributed by atoms with Gasteiger partial charge in [-0.1, -0.05) is 29.8 Å². The molecule has 1 heterocycles. The summed E-state index contributed by atoms with van der Waals surface area (Å²) in [6, 6.07) is 10.9. The van der Waals surface area contributed by atoms with Gasteiger partial charge >= 0.3 is 5.97 Å². The van der Waals surface area contributed by atoms with E-state index in [0.29, 0.717) is 22.5 Å². The summed E-state index contributed by atoms with van der Waals surface area (Å²) >= 11 is 5.55. The molecule has 32 heavy (non-hydrogen) atoms. The van der Waals surface area contributed by atoms with Crippen molar-refractivity contribution in [1.29, 1.82) is 0 Å². The summed E-state index contributed by atoms with van der Waals surface area (Å²) in [5, 5.41) is 4.98. The largest absolute Gasteiger partial charge is 0.478 e. The number of nitrogens with zero attached hydrogens (tertiary/aromatic N) is 3. The molecule has 0 radical (unpaired) electrons. The van der Waals surface area contributed by atoms with Crippen LogP contribution in [-0.2, 0) is 9.53 Å². The molecule has 0 amide bonds. The highest BCUT2D eigenvalue weighted by molar-refractivity contribution is 14.1. The summed E-state index contributed by atoms with van der Waals surface area (Å²) in [5.74, 6) is 0.794. The molecule has 7 nitrogen and oxygen atoms in total. The van der Waals surface area contributed by atoms with E-state index in [2.05, 4.69) is 43.6 Å². The minimum atomic E-state index is -0.715. The molecule has 2 aromatic carbocycles. The Bertz CT molecular complexity index is 1240. The summed E-state index contributed by atoms with van der Waals surface area (Å²) < 4.78 is 13.3. The molecule has 0 unspecified atom stereocenters. The van der Waals surface area contributed by atoms with E-state index < -0.39 is 12.1 Å². The van der Waals surface area contributed by atoms with Gasteiger partial charge in [-0.05, 0) is 77.9 Å². The zero-order chi connectivity index (χ0) is 23.4. The molecule has 0 fully saturated rings. The highest BCUT2D eigenvalue weighted by atomic mass is 127. The van der Waals surface area contributed by atoms with E-state index in [1.807, 2.05) is 38.1 Å². The number of fused-ring (bicyclic) bond motifs is 1. The fourth-order valence-electron chi connectivity index (χ4n) is 3.00. The van der Waals surface area contributed by atoms with Gasteiger partial charge in [0.2, 0.25) is 0 Å². The number of methoxy groups -OCH3 is 1. The maximum Gasteiger partial charge on any atom is 0.346 e. The van der Waals surface area contributed by atoms with Crippen molar-refractivity contribution in [3.63, 3.8) is 0 Å². The number of esters is 1. The molecule has 9 heteroatoms. The van der Waals surface area contributed by atoms with Gasteiger partial charge in [0.1, 0.15) is 11.6 Å². The van der Waals surface area contributed by atoms with Crippen LogP contribution in [0.15, 0.2) is 50.8 Å². The Labute approximate surface area is 208 Å². The Hall–Kier alpha value is -2.27. The topological polar surface area (TPSA) is 82.8 Å². The second-order valence-corrected chi connectivity index (χ2v) is 9.35. The molecule has 3 rings (SSSR count). The average Bonchev–Trinajstić information content (AvgIpc) is 2.79. The quantitative estimate of drug-likeness (QED) is 0.211. The Morgan fingerprint density at radius 1 is 1.28 bits per heavy atom. The molecule has 168 valence electrons. The van der Waals surface area contributed by atoms with E-state index in [0.717, 1.165) is 20.0 Å². The van der Waals surface area contributed by atoms with Gasteiger partial charge in [-0.2, -0.15) is 9.78 Å². The van der Waals surface area contributed by atoms with Crippen LogP contribution in [0.2, 0.25) is 0 Å². The number of halogens is 2. The van der Waals surface area contributed by atoms with Gasteiger partial charge in [0, 0.05) is 10.4 Å². The van der Waals surface area contributed by atoms with E-state index in [-0.39, 0.29) is 11.5 Å². The number of carbonyl (C=O) groups excluding carboxylic acids is 1. The van der Waals surface area contributed by atoms with Crippen LogP contribution in [0.4, 0.5) is 0 Å². The van der Waals surface area contributed by atoms with E-state index in [1.165, 1.54) is 11.8 Å². The van der Waals surface area contributed by atoms with Gasteiger partial charge in [0.15, 0.2) is 6.10 Å². The van der Waals surface area contributed by atoms with Crippen LogP contribution in [0, 0.1) is 3.57 Å². The predicted octanol–water partition coefficient (Wildman–Crippen LogP) is 5.10. The lowest BCUT2D eigenvalue weighted by atomic mass is 10.1. The maximum absolute atomic E-state index is 13.2. The highest BCUT2D eigenvalue weighted by Gasteiger charge is 2.17. The first-order chi connectivity index (χ1) is 15.2. The van der Waals surface area contributed by atoms with Crippen molar-refractivity contribution in [2.24, 2.45) is 5.10 Å². The minimum Gasteiger partial charge on any atom is -0.478 e. The maximum atomic E-state index is 13.2. The summed E-state index contributed by atoms with van der Waals surface area (Å²) in [6.07, 6.45) is 1.73. The third-order valence-electron chi connectivity index (χ3n) is 5.00. The van der Waals surface area contributed by atoms with Gasteiger partial charge in [0.05, 0.1) is 27.8 Å². The van der Waals surface area contributed by atoms with Crippen molar-refractivity contribution in [3.05, 3.63) is 66.2 Å². The molecule has 1 aromatic heterocycles. The normalized spacial score (nSPS) is 13.3. The number of rotatable bonds is 7. The van der Waals surface area contributed by atoms with Gasteiger partial charge in [-0.3, -0.25) is 4.79 Å². The second kappa shape index (κ2) is 10.6. The highest BCUT2D eigenvalue weighted by Crippen LogP contribution is 2.24. The first-order valence-corrected chi connectivity index (χ1v) is 11.9. The van der Waals surface area contributed by atoms with Crippen molar-refractivity contribution in [3.8, 4) is 5.75 Å². The Morgan fingerprint density at radius 2 is 2.03 bits per heavy atom. The van der Waals surface area contributed by atoms with Gasteiger partial charge in [0.25, 0.3) is 5.56 Å². The first kappa shape index (κ1) is 24.4. The lowest BCUT2D eigenvalue weighted by Gasteiger charge is -2.14. The second-order valence-electron chi connectivity index (χ2n) is 7.28. The molecule has 0 aliphatic rings. The number of carbonyl (C=O) groups is 1. The molecule has 0 bridgehead atoms. The van der Waals surface area contributed by atoms with Gasteiger partial charge < -0.3 is 9.47 Å². The zero-order valence-corrected chi connectivity index (χ0v) is 21.9. The van der Waals surface area contributed by atoms with Crippen LogP contribution in [0.5, 0.6) is 5.75 Å². The first-order valence-electron chi connectivity index (χ1n) is 10.1. The number of aromatic nitrogens is 2. The van der Waals surface area contributed by atoms with Crippen LogP contribution in [0.1, 0.15) is 44.5 Å². The Balaban J connectivity index is 1.99. The van der Waals surface area contributed by atoms with Crippen molar-refractivity contribution in [2.45, 2.75) is 39.2 Å². The summed E-state index contributed by atoms with van der Waals surface area (Å²) in [5.41, 5.74) is 1.21. The monoisotopic (exact) mass is 611 g/mol. The van der Waals surface area contributed by atoms with Crippen LogP contribution in [-0.4, -0.2) is 35.1 Å². The molecule has 0 saturated carbocycles. The average molecular weight is 612 g/mol. The third-order valence-corrected chi connectivity index (χ3v) is 6.34. The van der Waals surface area contributed by atoms with Crippen molar-refractivity contribution >= 4 is 61.6 Å². The number of benzene rings is 2. The lowest BCUT2D eigenvalue weighted by molar-refractivity contribution is -0.147. The molecule has 0 N–H and O–H groups in total. The van der Waals surface area contributed by atoms with E-state index >= 15 is 0 Å². The smallest absolute Gasteiger partial charge is 0.346 e. The zero-order valence-electron chi connectivity index (χ0n) is 18.1. The van der Waals surface area contributed by atoms with E-state index in [9.17, 15) is 9.59 Å². The van der Waals surface area contributed by atoms with Crippen LogP contribution in [0.25, 0.3) is 10.9 Å². The molecular weight excluding hydrogens is 589 g/mol. The van der Waals surface area contributed by atoms with Crippen LogP contribution < -0.4 is 10.3 Å². The minimum absolute atomic E-state index is 0.0589. The predicted molar refractivity (Wildman–Crippen MR) is 137 cm³/mol. The molecule has 0 aliphatic carbocycles. The van der Waals surface area contributed by atoms with Crippen LogP contribution in [0.3, 0.4) is 0 Å². The summed E-state index contributed by atoms with van der Waals surface area (Å²) in [4.78, 5) is 29.5. The van der Waals surface area contributed by atoms with E-state index in [1.54, 1.807) is 25.3 Å². The summed E-state index contributed by atoms with van der Waals surface area (Å²) in [6.45, 7) is 5.70. The standard InChI is InChI=1S/C23H23BrIN3O4/c1-5-13(2)21-27-19-8-7-16(24)11-17(19)22(29)28(21)26-12-15-6-9-20(18(25)10-15)32-14(3)23(30)31-4/h6-14H,5H2,1-4H3/t13-,14+/m0/s1. The lowest BCUT2D eigenvalue weighted by Crippen LogP contribution is -2.25. The number of ether oxygens (including phenoxy) is 2. The Kier molecular flexibility index (Phi) is 8.05. The molecule has 2 atom stereocenters. The molecule has 0 saturated heterocycles. The van der Waals surface area contributed by atoms with Gasteiger partial charge in [-0.15, -0.1) is 0 Å². The summed E-state index contributed by atoms with van der Waals surface area (Å²) in [7, 11) is 1.32. The molecule has 0 spiro atoms. The molecule has 0 aliphatic heterocycles. The fraction of sp³-hybridized carbons (Fsp3) is 0.304. The van der Waals surface area contributed by atoms with Crippen molar-refractivity contribution in [1.82, 2.24) is 9.66 Å². The van der Waals surface area contributed by atoms with Crippen molar-refractivity contribution < 1.29 is 14.3 Å². The number of hydrogen-bond acceptors (Lipinski definition) is 6. The van der Waals surface area contributed by atoms with E-state index in [4.69, 9.17) is 14.5 Å². The van der Waals surface area contributed by atoms with Gasteiger partial charge in [-0.25, -0.2) is 9.78 Å². The molecular formula is C23H23BrIN3O4. The number of hydrogen-bond donors (Lipinski definition) is 0. The fourth-order valence-corrected chi connectivity index (χ4v) is 4.03. The third kappa shape index (κ3) is 5.37. The van der Waals surface area contributed by atoms with Crippen molar-refractivity contribution in [2.75, 3.05) is 7.11 Å². The Morgan fingerprint density at radius 3 is 2.69 bits per heavy atom.